The zero-order valence-corrected chi connectivity index (χ0v) is 16.3. The molecule has 0 heterocycles. The molecule has 2 aromatic rings. The van der Waals surface area contributed by atoms with Crippen LogP contribution in [0.4, 0.5) is 0 Å². The van der Waals surface area contributed by atoms with Crippen molar-refractivity contribution in [1.82, 2.24) is 0 Å². The van der Waals surface area contributed by atoms with E-state index in [4.69, 9.17) is 4.18 Å². The predicted molar refractivity (Wildman–Crippen MR) is 99.5 cm³/mol. The first kappa shape index (κ1) is 19.0. The second-order valence-electron chi connectivity index (χ2n) is 6.12. The highest BCUT2D eigenvalue weighted by atomic mass is 127. The SMILES string of the molecule is Cc1ccc(S(=O)(=O)Oc2ccc(C(C)(C)C)cc2)cc1.I. The fourth-order valence-electron chi connectivity index (χ4n) is 1.89. The monoisotopic (exact) mass is 432 g/mol. The second-order valence-corrected chi connectivity index (χ2v) is 7.67. The van der Waals surface area contributed by atoms with E-state index in [0.717, 1.165) is 11.1 Å². The van der Waals surface area contributed by atoms with E-state index in [0.29, 0.717) is 5.75 Å². The molecule has 0 aliphatic carbocycles. The molecule has 0 radical (unpaired) electrons. The maximum atomic E-state index is 12.2. The van der Waals surface area contributed by atoms with Gasteiger partial charge in [0.2, 0.25) is 0 Å². The Kier molecular flexibility index (Phi) is 6.03. The average Bonchev–Trinajstić information content (AvgIpc) is 2.38. The van der Waals surface area contributed by atoms with Gasteiger partial charge in [0, 0.05) is 0 Å². The zero-order valence-electron chi connectivity index (χ0n) is 13.2. The first-order valence-electron chi connectivity index (χ1n) is 6.80. The summed E-state index contributed by atoms with van der Waals surface area (Å²) in [4.78, 5) is 0.160. The molecule has 0 aromatic heterocycles. The van der Waals surface area contributed by atoms with Crippen molar-refractivity contribution in [2.45, 2.75) is 38.0 Å². The molecule has 0 bridgehead atoms. The van der Waals surface area contributed by atoms with E-state index in [1.165, 1.54) is 0 Å². The molecule has 5 heteroatoms. The van der Waals surface area contributed by atoms with Gasteiger partial charge in [-0.25, -0.2) is 0 Å². The molecule has 2 aromatic carbocycles. The van der Waals surface area contributed by atoms with Crippen molar-refractivity contribution in [2.24, 2.45) is 0 Å². The zero-order chi connectivity index (χ0) is 15.7. The molecule has 0 saturated carbocycles. The van der Waals surface area contributed by atoms with Gasteiger partial charge in [0.25, 0.3) is 0 Å². The third kappa shape index (κ3) is 4.71. The predicted octanol–water partition coefficient (Wildman–Crippen LogP) is 4.68. The summed E-state index contributed by atoms with van der Waals surface area (Å²) < 4.78 is 29.5. The van der Waals surface area contributed by atoms with Crippen molar-refractivity contribution in [1.29, 1.82) is 0 Å². The largest absolute Gasteiger partial charge is 0.379 e. The first-order chi connectivity index (χ1) is 9.68. The molecule has 3 nitrogen and oxygen atoms in total. The molecule has 0 aliphatic heterocycles. The Morgan fingerprint density at radius 1 is 0.864 bits per heavy atom. The van der Waals surface area contributed by atoms with E-state index in [9.17, 15) is 8.42 Å². The molecular weight excluding hydrogens is 411 g/mol. The smallest absolute Gasteiger partial charge is 0.339 e. The topological polar surface area (TPSA) is 43.4 Å². The Morgan fingerprint density at radius 3 is 1.82 bits per heavy atom. The lowest BCUT2D eigenvalue weighted by Gasteiger charge is -2.19. The summed E-state index contributed by atoms with van der Waals surface area (Å²) in [7, 11) is -3.78. The van der Waals surface area contributed by atoms with Crippen molar-refractivity contribution in [2.75, 3.05) is 0 Å². The molecule has 0 saturated heterocycles. The van der Waals surface area contributed by atoms with Crippen LogP contribution in [0.15, 0.2) is 53.4 Å². The van der Waals surface area contributed by atoms with Crippen molar-refractivity contribution in [3.8, 4) is 5.75 Å². The number of rotatable bonds is 3. The van der Waals surface area contributed by atoms with Gasteiger partial charge in [-0.1, -0.05) is 50.6 Å². The van der Waals surface area contributed by atoms with E-state index < -0.39 is 10.1 Å². The Hall–Kier alpha value is -1.08. The highest BCUT2D eigenvalue weighted by Crippen LogP contribution is 2.25. The van der Waals surface area contributed by atoms with E-state index >= 15 is 0 Å². The molecule has 0 atom stereocenters. The minimum absolute atomic E-state index is 0. The molecule has 0 spiro atoms. The number of halogens is 1. The fraction of sp³-hybridized carbons (Fsp3) is 0.294. The van der Waals surface area contributed by atoms with Gasteiger partial charge in [-0.15, -0.1) is 24.0 Å². The van der Waals surface area contributed by atoms with Gasteiger partial charge in [-0.05, 0) is 42.2 Å². The Morgan fingerprint density at radius 2 is 1.36 bits per heavy atom. The Bertz CT molecular complexity index is 712. The molecule has 0 amide bonds. The lowest BCUT2D eigenvalue weighted by atomic mass is 9.87. The highest BCUT2D eigenvalue weighted by molar-refractivity contribution is 14.0. The van der Waals surface area contributed by atoms with E-state index in [1.54, 1.807) is 36.4 Å². The normalized spacial score (nSPS) is 11.6. The fourth-order valence-corrected chi connectivity index (χ4v) is 2.82. The summed E-state index contributed by atoms with van der Waals surface area (Å²) in [6.07, 6.45) is 0. The van der Waals surface area contributed by atoms with Gasteiger partial charge >= 0.3 is 10.1 Å². The van der Waals surface area contributed by atoms with Gasteiger partial charge in [0.1, 0.15) is 10.6 Å². The van der Waals surface area contributed by atoms with Gasteiger partial charge in [-0.2, -0.15) is 8.42 Å². The summed E-state index contributed by atoms with van der Waals surface area (Å²) in [6.45, 7) is 8.21. The molecule has 0 fully saturated rings. The van der Waals surface area contributed by atoms with Crippen molar-refractivity contribution < 1.29 is 12.6 Å². The van der Waals surface area contributed by atoms with Crippen LogP contribution in [0.5, 0.6) is 5.75 Å². The molecular formula is C17H21IO3S. The quantitative estimate of drug-likeness (QED) is 0.523. The van der Waals surface area contributed by atoms with Crippen molar-refractivity contribution >= 4 is 34.1 Å². The van der Waals surface area contributed by atoms with Gasteiger partial charge in [0.15, 0.2) is 0 Å². The van der Waals surface area contributed by atoms with Crippen molar-refractivity contribution in [3.05, 3.63) is 59.7 Å². The number of aryl methyl sites for hydroxylation is 1. The highest BCUT2D eigenvalue weighted by Gasteiger charge is 2.17. The van der Waals surface area contributed by atoms with Crippen LogP contribution in [0.25, 0.3) is 0 Å². The Balaban J connectivity index is 0.00000242. The molecule has 0 aliphatic rings. The third-order valence-electron chi connectivity index (χ3n) is 3.24. The van der Waals surface area contributed by atoms with Gasteiger partial charge in [-0.3, -0.25) is 0 Å². The lowest BCUT2D eigenvalue weighted by Crippen LogP contribution is -2.12. The maximum Gasteiger partial charge on any atom is 0.339 e. The van der Waals surface area contributed by atoms with Gasteiger partial charge in [0.05, 0.1) is 0 Å². The minimum Gasteiger partial charge on any atom is -0.379 e. The molecule has 120 valence electrons. The molecule has 22 heavy (non-hydrogen) atoms. The minimum atomic E-state index is -3.78. The summed E-state index contributed by atoms with van der Waals surface area (Å²) in [5.41, 5.74) is 2.15. The van der Waals surface area contributed by atoms with Crippen LogP contribution < -0.4 is 4.18 Å². The second kappa shape index (κ2) is 7.00. The number of hydrogen-bond donors (Lipinski definition) is 0. The Labute approximate surface area is 149 Å². The van der Waals surface area contributed by atoms with Gasteiger partial charge < -0.3 is 4.18 Å². The molecule has 2 rings (SSSR count). The summed E-state index contributed by atoms with van der Waals surface area (Å²) >= 11 is 0. The summed E-state index contributed by atoms with van der Waals surface area (Å²) in [6, 6.07) is 13.7. The number of hydrogen-bond acceptors (Lipinski definition) is 3. The molecule has 0 unspecified atom stereocenters. The van der Waals surface area contributed by atoms with Crippen LogP contribution in [0.1, 0.15) is 31.9 Å². The third-order valence-corrected chi connectivity index (χ3v) is 4.50. The van der Waals surface area contributed by atoms with Crippen molar-refractivity contribution in [3.63, 3.8) is 0 Å². The van der Waals surface area contributed by atoms with Crippen LogP contribution in [-0.2, 0) is 15.5 Å². The van der Waals surface area contributed by atoms with Crippen LogP contribution in [0.3, 0.4) is 0 Å². The van der Waals surface area contributed by atoms with E-state index in [2.05, 4.69) is 20.8 Å². The van der Waals surface area contributed by atoms with E-state index in [-0.39, 0.29) is 34.3 Å². The van der Waals surface area contributed by atoms with Crippen LogP contribution in [0, 0.1) is 6.92 Å². The van der Waals surface area contributed by atoms with E-state index in [1.807, 2.05) is 19.1 Å². The lowest BCUT2D eigenvalue weighted by molar-refractivity contribution is 0.485. The summed E-state index contributed by atoms with van der Waals surface area (Å²) in [5, 5.41) is 0. The summed E-state index contributed by atoms with van der Waals surface area (Å²) in [5.74, 6) is 0.323. The standard InChI is InChI=1S/C17H20O3S.HI/c1-13-5-11-16(12-6-13)21(18,19)20-15-9-7-14(8-10-15)17(2,3)4;/h5-12H,1-4H3;1H. The number of benzene rings is 2. The first-order valence-corrected chi connectivity index (χ1v) is 8.21. The van der Waals surface area contributed by atoms with Crippen LogP contribution >= 0.6 is 24.0 Å². The molecule has 0 N–H and O–H groups in total. The van der Waals surface area contributed by atoms with Crippen LogP contribution in [-0.4, -0.2) is 8.42 Å². The average molecular weight is 432 g/mol. The maximum absolute atomic E-state index is 12.2. The van der Waals surface area contributed by atoms with Crippen LogP contribution in [0.2, 0.25) is 0 Å².